The van der Waals surface area contributed by atoms with E-state index in [2.05, 4.69) is 4.98 Å². The van der Waals surface area contributed by atoms with E-state index in [-0.39, 0.29) is 5.78 Å². The summed E-state index contributed by atoms with van der Waals surface area (Å²) < 4.78 is 12.6. The van der Waals surface area contributed by atoms with Gasteiger partial charge in [0, 0.05) is 6.42 Å². The quantitative estimate of drug-likeness (QED) is 0.754. The number of rotatable bonds is 4. The summed E-state index contributed by atoms with van der Waals surface area (Å²) in [6.45, 7) is 0. The first-order valence-corrected chi connectivity index (χ1v) is 5.44. The first kappa shape index (κ1) is 11.5. The Morgan fingerprint density at radius 1 is 1.12 bits per heavy atom. The highest BCUT2D eigenvalue weighted by Crippen LogP contribution is 2.07. The van der Waals surface area contributed by atoms with Gasteiger partial charge < -0.3 is 0 Å². The molecule has 0 fully saturated rings. The van der Waals surface area contributed by atoms with Crippen LogP contribution in [0.3, 0.4) is 0 Å². The number of pyridine rings is 1. The molecule has 1 heterocycles. The molecular weight excluding hydrogens is 217 g/mol. The van der Waals surface area contributed by atoms with Gasteiger partial charge in [0.05, 0.1) is 6.20 Å². The summed E-state index contributed by atoms with van der Waals surface area (Å²) in [5.74, 6) is -0.488. The maximum atomic E-state index is 12.6. The molecule has 86 valence electrons. The molecule has 0 unspecified atom stereocenters. The number of nitrogens with zero attached hydrogens (tertiary/aromatic N) is 1. The van der Waals surface area contributed by atoms with Crippen molar-refractivity contribution in [3.8, 4) is 0 Å². The van der Waals surface area contributed by atoms with Gasteiger partial charge in [0.1, 0.15) is 11.5 Å². The van der Waals surface area contributed by atoms with Gasteiger partial charge in [-0.25, -0.2) is 4.39 Å². The highest BCUT2D eigenvalue weighted by molar-refractivity contribution is 5.94. The zero-order chi connectivity index (χ0) is 12.1. The fraction of sp³-hybridized carbons (Fsp3) is 0.143. The number of Topliss-reactive ketones (excluding diaryl/α,β-unsaturated/α-hetero) is 1. The van der Waals surface area contributed by atoms with E-state index in [4.69, 9.17) is 0 Å². The second kappa shape index (κ2) is 5.34. The molecule has 1 aromatic carbocycles. The van der Waals surface area contributed by atoms with Crippen molar-refractivity contribution in [1.82, 2.24) is 4.98 Å². The Labute approximate surface area is 99.1 Å². The molecule has 17 heavy (non-hydrogen) atoms. The SMILES string of the molecule is O=C(CCc1ccccc1)c1ccc(F)cn1. The first-order valence-electron chi connectivity index (χ1n) is 5.44. The maximum Gasteiger partial charge on any atom is 0.181 e. The normalized spacial score (nSPS) is 10.2. The van der Waals surface area contributed by atoms with Crippen molar-refractivity contribution < 1.29 is 9.18 Å². The summed E-state index contributed by atoms with van der Waals surface area (Å²) in [5, 5.41) is 0. The summed E-state index contributed by atoms with van der Waals surface area (Å²) in [4.78, 5) is 15.5. The second-order valence-electron chi connectivity index (χ2n) is 3.77. The van der Waals surface area contributed by atoms with E-state index in [1.54, 1.807) is 0 Å². The minimum atomic E-state index is -0.426. The third kappa shape index (κ3) is 3.21. The number of carbonyl (C=O) groups is 1. The highest BCUT2D eigenvalue weighted by atomic mass is 19.1. The van der Waals surface area contributed by atoms with Crippen molar-refractivity contribution in [2.24, 2.45) is 0 Å². The van der Waals surface area contributed by atoms with Crippen LogP contribution in [-0.2, 0) is 6.42 Å². The van der Waals surface area contributed by atoms with Crippen LogP contribution in [0.1, 0.15) is 22.5 Å². The number of aryl methyl sites for hydroxylation is 1. The summed E-state index contributed by atoms with van der Waals surface area (Å²) in [7, 11) is 0. The first-order chi connectivity index (χ1) is 8.25. The molecule has 3 heteroatoms. The molecule has 0 aliphatic rings. The van der Waals surface area contributed by atoms with E-state index in [0.717, 1.165) is 11.8 Å². The Bertz CT molecular complexity index is 493. The summed E-state index contributed by atoms with van der Waals surface area (Å²) >= 11 is 0. The lowest BCUT2D eigenvalue weighted by Crippen LogP contribution is -2.03. The standard InChI is InChI=1S/C14H12FNO/c15-12-7-8-13(16-10-12)14(17)9-6-11-4-2-1-3-5-11/h1-5,7-8,10H,6,9H2. The van der Waals surface area contributed by atoms with E-state index < -0.39 is 5.82 Å². The van der Waals surface area contributed by atoms with Crippen molar-refractivity contribution in [3.05, 3.63) is 65.7 Å². The molecule has 0 amide bonds. The molecule has 0 saturated heterocycles. The molecule has 0 atom stereocenters. The summed E-state index contributed by atoms with van der Waals surface area (Å²) in [6.07, 6.45) is 2.14. The Kier molecular flexibility index (Phi) is 3.60. The maximum absolute atomic E-state index is 12.6. The molecule has 0 aliphatic heterocycles. The monoisotopic (exact) mass is 229 g/mol. The number of benzene rings is 1. The molecule has 1 aromatic heterocycles. The second-order valence-corrected chi connectivity index (χ2v) is 3.77. The van der Waals surface area contributed by atoms with Crippen LogP contribution in [0.5, 0.6) is 0 Å². The van der Waals surface area contributed by atoms with Crippen molar-refractivity contribution >= 4 is 5.78 Å². The lowest BCUT2D eigenvalue weighted by atomic mass is 10.1. The van der Waals surface area contributed by atoms with E-state index in [9.17, 15) is 9.18 Å². The van der Waals surface area contributed by atoms with E-state index >= 15 is 0 Å². The van der Waals surface area contributed by atoms with E-state index in [1.165, 1.54) is 12.1 Å². The molecule has 0 spiro atoms. The average molecular weight is 229 g/mol. The molecule has 0 aliphatic carbocycles. The van der Waals surface area contributed by atoms with Crippen LogP contribution in [-0.4, -0.2) is 10.8 Å². The minimum Gasteiger partial charge on any atom is -0.292 e. The van der Waals surface area contributed by atoms with Gasteiger partial charge in [0.2, 0.25) is 0 Å². The van der Waals surface area contributed by atoms with Gasteiger partial charge >= 0.3 is 0 Å². The number of hydrogen-bond donors (Lipinski definition) is 0. The van der Waals surface area contributed by atoms with Gasteiger partial charge in [0.15, 0.2) is 5.78 Å². The topological polar surface area (TPSA) is 30.0 Å². The zero-order valence-corrected chi connectivity index (χ0v) is 9.27. The van der Waals surface area contributed by atoms with E-state index in [1.807, 2.05) is 30.3 Å². The molecule has 0 bridgehead atoms. The number of halogens is 1. The molecule has 2 aromatic rings. The Balaban J connectivity index is 1.96. The average Bonchev–Trinajstić information content (AvgIpc) is 2.38. The predicted molar refractivity (Wildman–Crippen MR) is 63.3 cm³/mol. The predicted octanol–water partition coefficient (Wildman–Crippen LogP) is 3.04. The van der Waals surface area contributed by atoms with Gasteiger partial charge in [-0.3, -0.25) is 9.78 Å². The lowest BCUT2D eigenvalue weighted by molar-refractivity contribution is 0.0978. The highest BCUT2D eigenvalue weighted by Gasteiger charge is 2.07. The lowest BCUT2D eigenvalue weighted by Gasteiger charge is -2.01. The van der Waals surface area contributed by atoms with Gasteiger partial charge in [-0.2, -0.15) is 0 Å². The van der Waals surface area contributed by atoms with Crippen LogP contribution < -0.4 is 0 Å². The number of ketones is 1. The summed E-state index contributed by atoms with van der Waals surface area (Å²) in [6, 6.07) is 12.4. The van der Waals surface area contributed by atoms with Crippen LogP contribution in [0.4, 0.5) is 4.39 Å². The number of hydrogen-bond acceptors (Lipinski definition) is 2. The van der Waals surface area contributed by atoms with Crippen LogP contribution in [0, 0.1) is 5.82 Å². The van der Waals surface area contributed by atoms with E-state index in [0.29, 0.717) is 18.5 Å². The van der Waals surface area contributed by atoms with Gasteiger partial charge in [-0.15, -0.1) is 0 Å². The van der Waals surface area contributed by atoms with Crippen molar-refractivity contribution in [1.29, 1.82) is 0 Å². The minimum absolute atomic E-state index is 0.0612. The van der Waals surface area contributed by atoms with Crippen molar-refractivity contribution in [2.75, 3.05) is 0 Å². The van der Waals surface area contributed by atoms with Gasteiger partial charge in [-0.1, -0.05) is 30.3 Å². The summed E-state index contributed by atoms with van der Waals surface area (Å²) in [5.41, 5.74) is 1.44. The smallest absolute Gasteiger partial charge is 0.181 e. The van der Waals surface area contributed by atoms with Crippen molar-refractivity contribution in [2.45, 2.75) is 12.8 Å². The fourth-order valence-electron chi connectivity index (χ4n) is 1.57. The molecular formula is C14H12FNO. The number of aromatic nitrogens is 1. The molecule has 0 radical (unpaired) electrons. The van der Waals surface area contributed by atoms with Gasteiger partial charge in [0.25, 0.3) is 0 Å². The van der Waals surface area contributed by atoms with Gasteiger partial charge in [-0.05, 0) is 24.1 Å². The molecule has 2 nitrogen and oxygen atoms in total. The van der Waals surface area contributed by atoms with Crippen LogP contribution in [0.25, 0.3) is 0 Å². The van der Waals surface area contributed by atoms with Crippen LogP contribution in [0.15, 0.2) is 48.7 Å². The Morgan fingerprint density at radius 3 is 2.53 bits per heavy atom. The van der Waals surface area contributed by atoms with Crippen LogP contribution in [0.2, 0.25) is 0 Å². The van der Waals surface area contributed by atoms with Crippen LogP contribution >= 0.6 is 0 Å². The number of carbonyl (C=O) groups excluding carboxylic acids is 1. The molecule has 0 saturated carbocycles. The largest absolute Gasteiger partial charge is 0.292 e. The third-order valence-corrected chi connectivity index (χ3v) is 2.50. The molecule has 0 N–H and O–H groups in total. The Hall–Kier alpha value is -2.03. The van der Waals surface area contributed by atoms with Crippen molar-refractivity contribution in [3.63, 3.8) is 0 Å². The zero-order valence-electron chi connectivity index (χ0n) is 9.27. The molecule has 2 rings (SSSR count). The Morgan fingerprint density at radius 2 is 1.88 bits per heavy atom. The third-order valence-electron chi connectivity index (χ3n) is 2.50. The fourth-order valence-corrected chi connectivity index (χ4v) is 1.57.